The summed E-state index contributed by atoms with van der Waals surface area (Å²) in [5, 5.41) is 6.79. The molecule has 0 bridgehead atoms. The third-order valence-corrected chi connectivity index (χ3v) is 3.18. The number of nitrogens with zero attached hydrogens (tertiary/aromatic N) is 2. The highest BCUT2D eigenvalue weighted by Gasteiger charge is 2.12. The quantitative estimate of drug-likeness (QED) is 0.871. The van der Waals surface area contributed by atoms with Crippen LogP contribution in [0.1, 0.15) is 13.3 Å². The Morgan fingerprint density at radius 1 is 1.53 bits per heavy atom. The molecule has 1 heterocycles. The van der Waals surface area contributed by atoms with Gasteiger partial charge in [0, 0.05) is 11.0 Å². The number of aromatic nitrogens is 3. The fourth-order valence-corrected chi connectivity index (χ4v) is 2.18. The molecule has 90 valence electrons. The van der Waals surface area contributed by atoms with Crippen LogP contribution in [0.15, 0.2) is 22.7 Å². The Balaban J connectivity index is 2.56. The number of halogens is 2. The Hall–Kier alpha value is -1.01. The van der Waals surface area contributed by atoms with Crippen molar-refractivity contribution in [1.29, 1.82) is 0 Å². The second kappa shape index (κ2) is 5.10. The molecule has 17 heavy (non-hydrogen) atoms. The molecule has 0 unspecified atom stereocenters. The van der Waals surface area contributed by atoms with Crippen molar-refractivity contribution < 1.29 is 4.39 Å². The monoisotopic (exact) mass is 315 g/mol. The fraction of sp³-hybridized carbons (Fsp3) is 0.273. The van der Waals surface area contributed by atoms with E-state index in [1.807, 2.05) is 11.5 Å². The van der Waals surface area contributed by atoms with Crippen molar-refractivity contribution >= 4 is 28.1 Å². The lowest BCUT2D eigenvalue weighted by Gasteiger charge is -2.06. The SMILES string of the molecule is CCCn1c(-c2ccc(Br)cc2F)n[nH]c1=S. The molecule has 0 amide bonds. The van der Waals surface area contributed by atoms with Crippen LogP contribution in [0.5, 0.6) is 0 Å². The predicted octanol–water partition coefficient (Wildman–Crippen LogP) is 3.92. The van der Waals surface area contributed by atoms with Crippen LogP contribution in [-0.2, 0) is 6.54 Å². The Morgan fingerprint density at radius 3 is 2.94 bits per heavy atom. The van der Waals surface area contributed by atoms with Crippen LogP contribution in [0, 0.1) is 10.6 Å². The smallest absolute Gasteiger partial charge is 0.195 e. The van der Waals surface area contributed by atoms with E-state index >= 15 is 0 Å². The first-order valence-electron chi connectivity index (χ1n) is 5.24. The summed E-state index contributed by atoms with van der Waals surface area (Å²) in [5.74, 6) is 0.229. The van der Waals surface area contributed by atoms with Gasteiger partial charge >= 0.3 is 0 Å². The van der Waals surface area contributed by atoms with Gasteiger partial charge in [0.25, 0.3) is 0 Å². The maximum Gasteiger partial charge on any atom is 0.195 e. The lowest BCUT2D eigenvalue weighted by Crippen LogP contribution is -2.01. The van der Waals surface area contributed by atoms with Gasteiger partial charge in [-0.1, -0.05) is 22.9 Å². The Morgan fingerprint density at radius 2 is 2.29 bits per heavy atom. The average molecular weight is 316 g/mol. The minimum Gasteiger partial charge on any atom is -0.300 e. The van der Waals surface area contributed by atoms with Crippen molar-refractivity contribution in [1.82, 2.24) is 14.8 Å². The largest absolute Gasteiger partial charge is 0.300 e. The first-order valence-corrected chi connectivity index (χ1v) is 6.44. The summed E-state index contributed by atoms with van der Waals surface area (Å²) in [6.45, 7) is 2.76. The second-order valence-electron chi connectivity index (χ2n) is 3.63. The number of hydrogen-bond donors (Lipinski definition) is 1. The Labute approximate surface area is 112 Å². The Kier molecular flexibility index (Phi) is 3.73. The maximum atomic E-state index is 13.8. The fourth-order valence-electron chi connectivity index (χ4n) is 1.63. The summed E-state index contributed by atoms with van der Waals surface area (Å²) in [6, 6.07) is 4.90. The second-order valence-corrected chi connectivity index (χ2v) is 4.93. The van der Waals surface area contributed by atoms with Gasteiger partial charge in [0.2, 0.25) is 0 Å². The van der Waals surface area contributed by atoms with Gasteiger partial charge in [0.15, 0.2) is 10.6 Å². The van der Waals surface area contributed by atoms with Crippen molar-refractivity contribution in [2.75, 3.05) is 0 Å². The Bertz CT molecular complexity index is 591. The van der Waals surface area contributed by atoms with Gasteiger partial charge in [-0.2, -0.15) is 5.10 Å². The highest BCUT2D eigenvalue weighted by atomic mass is 79.9. The number of benzene rings is 1. The molecule has 1 N–H and O–H groups in total. The molecule has 0 fully saturated rings. The molecule has 2 rings (SSSR count). The van der Waals surface area contributed by atoms with Gasteiger partial charge in [0.05, 0.1) is 5.56 Å². The maximum absolute atomic E-state index is 13.8. The highest BCUT2D eigenvalue weighted by Crippen LogP contribution is 2.24. The molecule has 0 atom stereocenters. The molecule has 0 aliphatic rings. The molecule has 0 radical (unpaired) electrons. The van der Waals surface area contributed by atoms with E-state index < -0.39 is 0 Å². The van der Waals surface area contributed by atoms with Crippen molar-refractivity contribution in [3.63, 3.8) is 0 Å². The standard InChI is InChI=1S/C11H11BrFN3S/c1-2-5-16-10(14-15-11(16)17)8-4-3-7(12)6-9(8)13/h3-4,6H,2,5H2,1H3,(H,15,17). The van der Waals surface area contributed by atoms with E-state index in [1.54, 1.807) is 12.1 Å². The third kappa shape index (κ3) is 2.47. The van der Waals surface area contributed by atoms with Crippen LogP contribution in [0.25, 0.3) is 11.4 Å². The van der Waals surface area contributed by atoms with Gasteiger partial charge in [-0.3, -0.25) is 5.10 Å². The minimum absolute atomic E-state index is 0.314. The van der Waals surface area contributed by atoms with Gasteiger partial charge < -0.3 is 4.57 Å². The molecular weight excluding hydrogens is 305 g/mol. The van der Waals surface area contributed by atoms with Gasteiger partial charge in [-0.15, -0.1) is 0 Å². The van der Waals surface area contributed by atoms with E-state index in [4.69, 9.17) is 12.2 Å². The molecule has 0 spiro atoms. The molecule has 1 aromatic carbocycles. The molecule has 0 saturated heterocycles. The number of aromatic amines is 1. The van der Waals surface area contributed by atoms with E-state index in [2.05, 4.69) is 26.1 Å². The predicted molar refractivity (Wildman–Crippen MR) is 70.8 cm³/mol. The number of rotatable bonds is 3. The first-order chi connectivity index (χ1) is 8.13. The van der Waals surface area contributed by atoms with Gasteiger partial charge in [-0.25, -0.2) is 4.39 Å². The summed E-state index contributed by atoms with van der Waals surface area (Å²) >= 11 is 8.35. The van der Waals surface area contributed by atoms with Crippen molar-refractivity contribution in [3.05, 3.63) is 33.3 Å². The molecule has 6 heteroatoms. The lowest BCUT2D eigenvalue weighted by atomic mass is 10.2. The molecule has 0 aliphatic carbocycles. The summed E-state index contributed by atoms with van der Waals surface area (Å²) in [6.07, 6.45) is 0.916. The number of hydrogen-bond acceptors (Lipinski definition) is 2. The molecule has 2 aromatic rings. The number of nitrogens with one attached hydrogen (secondary N) is 1. The third-order valence-electron chi connectivity index (χ3n) is 2.38. The average Bonchev–Trinajstić information content (AvgIpc) is 2.62. The van der Waals surface area contributed by atoms with E-state index in [0.717, 1.165) is 13.0 Å². The van der Waals surface area contributed by atoms with E-state index in [-0.39, 0.29) is 5.82 Å². The van der Waals surface area contributed by atoms with Crippen LogP contribution < -0.4 is 0 Å². The highest BCUT2D eigenvalue weighted by molar-refractivity contribution is 9.10. The van der Waals surface area contributed by atoms with Crippen LogP contribution >= 0.6 is 28.1 Å². The summed E-state index contributed by atoms with van der Waals surface area (Å²) in [5.41, 5.74) is 0.453. The summed E-state index contributed by atoms with van der Waals surface area (Å²) < 4.78 is 16.9. The van der Waals surface area contributed by atoms with Crippen molar-refractivity contribution in [2.24, 2.45) is 0 Å². The molecule has 0 saturated carbocycles. The van der Waals surface area contributed by atoms with Crippen molar-refractivity contribution in [2.45, 2.75) is 19.9 Å². The zero-order chi connectivity index (χ0) is 12.4. The van der Waals surface area contributed by atoms with E-state index in [0.29, 0.717) is 20.6 Å². The van der Waals surface area contributed by atoms with Crippen molar-refractivity contribution in [3.8, 4) is 11.4 Å². The summed E-state index contributed by atoms with van der Waals surface area (Å²) in [7, 11) is 0. The zero-order valence-corrected chi connectivity index (χ0v) is 11.6. The number of H-pyrrole nitrogens is 1. The lowest BCUT2D eigenvalue weighted by molar-refractivity contribution is 0.622. The van der Waals surface area contributed by atoms with E-state index in [9.17, 15) is 4.39 Å². The van der Waals surface area contributed by atoms with Crippen LogP contribution in [-0.4, -0.2) is 14.8 Å². The van der Waals surface area contributed by atoms with Crippen LogP contribution in [0.3, 0.4) is 0 Å². The van der Waals surface area contributed by atoms with Crippen LogP contribution in [0.2, 0.25) is 0 Å². The van der Waals surface area contributed by atoms with Crippen LogP contribution in [0.4, 0.5) is 4.39 Å². The minimum atomic E-state index is -0.314. The molecule has 3 nitrogen and oxygen atoms in total. The summed E-state index contributed by atoms with van der Waals surface area (Å²) in [4.78, 5) is 0. The van der Waals surface area contributed by atoms with E-state index in [1.165, 1.54) is 6.07 Å². The zero-order valence-electron chi connectivity index (χ0n) is 9.20. The normalized spacial score (nSPS) is 10.8. The first kappa shape index (κ1) is 12.4. The van der Waals surface area contributed by atoms with Gasteiger partial charge in [0.1, 0.15) is 5.82 Å². The van der Waals surface area contributed by atoms with Gasteiger partial charge in [-0.05, 0) is 36.8 Å². The molecule has 1 aromatic heterocycles. The molecular formula is C11H11BrFN3S. The topological polar surface area (TPSA) is 33.6 Å². The molecule has 0 aliphatic heterocycles.